The Hall–Kier alpha value is -3.43. The summed E-state index contributed by atoms with van der Waals surface area (Å²) < 4.78 is 30.0. The Bertz CT molecular complexity index is 1290. The van der Waals surface area contributed by atoms with Crippen LogP contribution in [0.15, 0.2) is 53.4 Å². The topological polar surface area (TPSA) is 120 Å². The van der Waals surface area contributed by atoms with E-state index in [1.165, 1.54) is 12.1 Å². The molecule has 0 saturated heterocycles. The number of hydrogen-bond acceptors (Lipinski definition) is 5. The molecule has 3 rings (SSSR count). The highest BCUT2D eigenvalue weighted by atomic mass is 32.2. The van der Waals surface area contributed by atoms with Gasteiger partial charge in [0.2, 0.25) is 10.0 Å². The van der Waals surface area contributed by atoms with Crippen LogP contribution in [0.3, 0.4) is 0 Å². The highest BCUT2D eigenvalue weighted by Crippen LogP contribution is 2.21. The molecule has 0 aliphatic rings. The number of sulfonamides is 1. The highest BCUT2D eigenvalue weighted by Gasteiger charge is 2.19. The maximum Gasteiger partial charge on any atom is 0.340 e. The average molecular weight is 470 g/mol. The smallest absolute Gasteiger partial charge is 0.340 e. The molecular weight excluding hydrogens is 442 g/mol. The van der Waals surface area contributed by atoms with Crippen LogP contribution in [0.5, 0.6) is 0 Å². The van der Waals surface area contributed by atoms with Crippen LogP contribution in [0.4, 0.5) is 5.69 Å². The molecule has 33 heavy (non-hydrogen) atoms. The normalized spacial score (nSPS) is 11.3. The van der Waals surface area contributed by atoms with Gasteiger partial charge in [0, 0.05) is 23.6 Å². The summed E-state index contributed by atoms with van der Waals surface area (Å²) in [7, 11) is -3.75. The predicted molar refractivity (Wildman–Crippen MR) is 126 cm³/mol. The molecule has 1 aromatic heterocycles. The lowest BCUT2D eigenvalue weighted by atomic mass is 10.1. The second-order valence-electron chi connectivity index (χ2n) is 7.95. The molecular formula is C24H27N3O5S. The Balaban J connectivity index is 1.67. The van der Waals surface area contributed by atoms with Crippen molar-refractivity contribution in [3.8, 4) is 0 Å². The van der Waals surface area contributed by atoms with Crippen LogP contribution in [-0.2, 0) is 26.1 Å². The van der Waals surface area contributed by atoms with Gasteiger partial charge in [-0.15, -0.1) is 0 Å². The minimum atomic E-state index is -3.75. The molecule has 3 N–H and O–H groups in total. The van der Waals surface area contributed by atoms with Gasteiger partial charge in [-0.3, -0.25) is 4.79 Å². The number of nitrogens with zero attached hydrogens (tertiary/aromatic N) is 1. The molecule has 0 atom stereocenters. The molecule has 2 aromatic carbocycles. The summed E-state index contributed by atoms with van der Waals surface area (Å²) in [5.41, 5.74) is 5.29. The Morgan fingerprint density at radius 1 is 1.00 bits per heavy atom. The lowest BCUT2D eigenvalue weighted by Gasteiger charge is -2.12. The van der Waals surface area contributed by atoms with E-state index in [0.717, 1.165) is 22.4 Å². The molecule has 0 radical (unpaired) electrons. The van der Waals surface area contributed by atoms with Crippen molar-refractivity contribution in [2.45, 2.75) is 39.1 Å². The van der Waals surface area contributed by atoms with Gasteiger partial charge in [0.15, 0.2) is 6.61 Å². The van der Waals surface area contributed by atoms with Gasteiger partial charge in [-0.1, -0.05) is 30.3 Å². The molecule has 0 saturated carbocycles. The molecule has 0 spiro atoms. The maximum absolute atomic E-state index is 12.6. The molecule has 0 aliphatic carbocycles. The number of carbonyl (C=O) groups excluding carboxylic acids is 2. The zero-order chi connectivity index (χ0) is 24.3. The van der Waals surface area contributed by atoms with Gasteiger partial charge in [0.1, 0.15) is 0 Å². The molecule has 3 aromatic rings. The largest absolute Gasteiger partial charge is 0.452 e. The minimum Gasteiger partial charge on any atom is -0.452 e. The van der Waals surface area contributed by atoms with Gasteiger partial charge in [-0.25, -0.2) is 18.4 Å². The van der Waals surface area contributed by atoms with Crippen molar-refractivity contribution >= 4 is 27.6 Å². The van der Waals surface area contributed by atoms with Crippen molar-refractivity contribution in [2.24, 2.45) is 5.14 Å². The van der Waals surface area contributed by atoms with Crippen LogP contribution in [-0.4, -0.2) is 31.5 Å². The van der Waals surface area contributed by atoms with E-state index < -0.39 is 28.5 Å². The lowest BCUT2D eigenvalue weighted by molar-refractivity contribution is -0.119. The van der Waals surface area contributed by atoms with Gasteiger partial charge < -0.3 is 14.6 Å². The van der Waals surface area contributed by atoms with Crippen molar-refractivity contribution in [3.63, 3.8) is 0 Å². The van der Waals surface area contributed by atoms with E-state index in [-0.39, 0.29) is 4.90 Å². The zero-order valence-corrected chi connectivity index (χ0v) is 19.8. The number of rotatable bonds is 7. The number of hydrogen-bond donors (Lipinski definition) is 2. The number of aromatic nitrogens is 1. The number of amides is 1. The van der Waals surface area contributed by atoms with Gasteiger partial charge in [0.05, 0.1) is 10.5 Å². The van der Waals surface area contributed by atoms with Crippen molar-refractivity contribution < 1.29 is 22.7 Å². The summed E-state index contributed by atoms with van der Waals surface area (Å²) in [6.07, 6.45) is 0. The third kappa shape index (κ3) is 5.68. The Kier molecular flexibility index (Phi) is 7.04. The number of primary sulfonamides is 1. The fourth-order valence-corrected chi connectivity index (χ4v) is 4.13. The van der Waals surface area contributed by atoms with E-state index in [0.29, 0.717) is 23.5 Å². The zero-order valence-electron chi connectivity index (χ0n) is 19.0. The Labute approximate surface area is 193 Å². The molecule has 0 bridgehead atoms. The van der Waals surface area contributed by atoms with Crippen LogP contribution in [0, 0.1) is 27.7 Å². The Morgan fingerprint density at radius 3 is 2.18 bits per heavy atom. The Morgan fingerprint density at radius 2 is 1.61 bits per heavy atom. The third-order valence-electron chi connectivity index (χ3n) is 5.47. The fraction of sp³-hybridized carbons (Fsp3) is 0.250. The summed E-state index contributed by atoms with van der Waals surface area (Å²) in [6.45, 7) is 7.47. The number of nitrogens with one attached hydrogen (secondary N) is 1. The van der Waals surface area contributed by atoms with Crippen LogP contribution in [0.1, 0.15) is 38.4 Å². The molecule has 1 amide bonds. The summed E-state index contributed by atoms with van der Waals surface area (Å²) in [5, 5.41) is 7.93. The monoisotopic (exact) mass is 469 g/mol. The number of ether oxygens (including phenoxy) is 1. The highest BCUT2D eigenvalue weighted by molar-refractivity contribution is 7.89. The molecule has 1 heterocycles. The van der Waals surface area contributed by atoms with Crippen molar-refractivity contribution in [1.82, 2.24) is 4.57 Å². The van der Waals surface area contributed by atoms with Gasteiger partial charge in [0.25, 0.3) is 5.91 Å². The number of aryl methyl sites for hydroxylation is 3. The number of anilines is 1. The minimum absolute atomic E-state index is 0.0376. The lowest BCUT2D eigenvalue weighted by Crippen LogP contribution is -2.22. The quantitative estimate of drug-likeness (QED) is 0.515. The molecule has 0 fully saturated rings. The summed E-state index contributed by atoms with van der Waals surface area (Å²) in [6, 6.07) is 13.6. The number of carbonyl (C=O) groups is 2. The van der Waals surface area contributed by atoms with Crippen molar-refractivity contribution in [2.75, 3.05) is 11.9 Å². The first-order valence-electron chi connectivity index (χ1n) is 10.3. The first-order chi connectivity index (χ1) is 15.5. The van der Waals surface area contributed by atoms with Crippen molar-refractivity contribution in [3.05, 3.63) is 82.2 Å². The van der Waals surface area contributed by atoms with E-state index in [1.807, 2.05) is 43.5 Å². The van der Waals surface area contributed by atoms with Crippen LogP contribution in [0.25, 0.3) is 0 Å². The molecule has 8 nitrogen and oxygen atoms in total. The summed E-state index contributed by atoms with van der Waals surface area (Å²) in [5.74, 6) is -1.000. The number of benzene rings is 2. The number of para-hydroxylation sites is 1. The first-order valence-corrected chi connectivity index (χ1v) is 11.8. The van der Waals surface area contributed by atoms with Gasteiger partial charge >= 0.3 is 5.97 Å². The maximum atomic E-state index is 12.6. The van der Waals surface area contributed by atoms with Gasteiger partial charge in [-0.05, 0) is 62.6 Å². The van der Waals surface area contributed by atoms with Crippen LogP contribution >= 0.6 is 0 Å². The van der Waals surface area contributed by atoms with E-state index in [2.05, 4.69) is 5.32 Å². The number of nitrogens with two attached hydrogens (primary N) is 1. The number of esters is 1. The fourth-order valence-electron chi connectivity index (χ4n) is 3.61. The molecule has 0 unspecified atom stereocenters. The second-order valence-corrected chi connectivity index (χ2v) is 9.51. The molecule has 0 aliphatic heterocycles. The average Bonchev–Trinajstić information content (AvgIpc) is 3.03. The van der Waals surface area contributed by atoms with E-state index >= 15 is 0 Å². The van der Waals surface area contributed by atoms with Crippen LogP contribution < -0.4 is 10.5 Å². The first kappa shape index (κ1) is 24.2. The molecule has 9 heteroatoms. The van der Waals surface area contributed by atoms with Crippen LogP contribution in [0.2, 0.25) is 0 Å². The van der Waals surface area contributed by atoms with E-state index in [9.17, 15) is 18.0 Å². The van der Waals surface area contributed by atoms with E-state index in [1.54, 1.807) is 25.1 Å². The standard InChI is InChI=1S/C24H27N3O5S/c1-15-6-5-7-16(2)23(15)26-22(28)14-32-24(29)21-12-17(3)27(18(21)4)13-19-8-10-20(11-9-19)33(25,30)31/h5-12H,13-14H2,1-4H3,(H,26,28)(H2,25,30,31). The summed E-state index contributed by atoms with van der Waals surface area (Å²) >= 11 is 0. The third-order valence-corrected chi connectivity index (χ3v) is 6.40. The predicted octanol–water partition coefficient (Wildman–Crippen LogP) is 3.21. The van der Waals surface area contributed by atoms with Crippen molar-refractivity contribution in [1.29, 1.82) is 0 Å². The second kappa shape index (κ2) is 9.60. The summed E-state index contributed by atoms with van der Waals surface area (Å²) in [4.78, 5) is 25.0. The molecule has 174 valence electrons. The van der Waals surface area contributed by atoms with E-state index in [4.69, 9.17) is 9.88 Å². The SMILES string of the molecule is Cc1cccc(C)c1NC(=O)COC(=O)c1cc(C)n(Cc2ccc(S(N)(=O)=O)cc2)c1C. The van der Waals surface area contributed by atoms with Gasteiger partial charge in [-0.2, -0.15) is 0 Å².